The molecule has 14 heavy (non-hydrogen) atoms. The summed E-state index contributed by atoms with van der Waals surface area (Å²) < 4.78 is 26.9. The third-order valence-corrected chi connectivity index (χ3v) is 1.63. The number of benzene rings is 1. The van der Waals surface area contributed by atoms with Crippen LogP contribution in [0, 0.1) is 11.6 Å². The maximum Gasteiger partial charge on any atom is 0.245 e. The number of aromatic nitrogens is 4. The van der Waals surface area contributed by atoms with Crippen LogP contribution in [0.3, 0.4) is 0 Å². The number of anilines is 1. The molecule has 0 amide bonds. The minimum atomic E-state index is -0.648. The van der Waals surface area contributed by atoms with Crippen LogP contribution in [0.2, 0.25) is 0 Å². The third kappa shape index (κ3) is 1.28. The second-order valence-electron chi connectivity index (χ2n) is 2.54. The van der Waals surface area contributed by atoms with Gasteiger partial charge >= 0.3 is 0 Å². The summed E-state index contributed by atoms with van der Waals surface area (Å²) in [6.45, 7) is 0. The van der Waals surface area contributed by atoms with Crippen molar-refractivity contribution in [3.8, 4) is 5.69 Å². The Bertz CT molecular complexity index is 467. The van der Waals surface area contributed by atoms with E-state index in [4.69, 9.17) is 5.73 Å². The first kappa shape index (κ1) is 8.54. The van der Waals surface area contributed by atoms with E-state index in [1.807, 2.05) is 0 Å². The molecule has 0 saturated heterocycles. The van der Waals surface area contributed by atoms with Gasteiger partial charge in [0, 0.05) is 6.07 Å². The Kier molecular flexibility index (Phi) is 1.84. The molecule has 72 valence electrons. The zero-order valence-electron chi connectivity index (χ0n) is 6.85. The molecule has 0 bridgehead atoms. The van der Waals surface area contributed by atoms with Crippen LogP contribution >= 0.6 is 0 Å². The Hall–Kier alpha value is -2.05. The fourth-order valence-corrected chi connectivity index (χ4v) is 1.01. The number of hydrogen-bond donors (Lipinski definition) is 1. The van der Waals surface area contributed by atoms with E-state index in [2.05, 4.69) is 15.5 Å². The van der Waals surface area contributed by atoms with Gasteiger partial charge in [0.1, 0.15) is 17.3 Å². The largest absolute Gasteiger partial charge is 0.366 e. The summed E-state index contributed by atoms with van der Waals surface area (Å²) in [6, 6.07) is 2.94. The van der Waals surface area contributed by atoms with Gasteiger partial charge in [-0.05, 0) is 22.6 Å². The maximum atomic E-state index is 13.2. The molecule has 1 heterocycles. The van der Waals surface area contributed by atoms with Crippen LogP contribution in [0.5, 0.6) is 0 Å². The van der Waals surface area contributed by atoms with Crippen molar-refractivity contribution in [3.05, 3.63) is 29.8 Å². The molecule has 0 aliphatic heterocycles. The normalized spacial score (nSPS) is 10.4. The van der Waals surface area contributed by atoms with Crippen molar-refractivity contribution in [2.75, 3.05) is 5.73 Å². The van der Waals surface area contributed by atoms with E-state index in [1.165, 1.54) is 0 Å². The van der Waals surface area contributed by atoms with E-state index >= 15 is 0 Å². The monoisotopic (exact) mass is 197 g/mol. The number of nitrogens with two attached hydrogens (primary N) is 1. The molecule has 2 N–H and O–H groups in total. The molecule has 0 atom stereocenters. The predicted molar refractivity (Wildman–Crippen MR) is 43.5 cm³/mol. The Labute approximate surface area is 77.1 Å². The first-order valence-corrected chi connectivity index (χ1v) is 3.68. The number of hydrogen-bond acceptors (Lipinski definition) is 4. The van der Waals surface area contributed by atoms with Crippen molar-refractivity contribution in [2.45, 2.75) is 0 Å². The van der Waals surface area contributed by atoms with Gasteiger partial charge in [0.2, 0.25) is 5.95 Å². The zero-order valence-corrected chi connectivity index (χ0v) is 6.85. The minimum absolute atomic E-state index is 0.102. The molecule has 2 aromatic rings. The number of nitrogen functional groups attached to an aromatic ring is 1. The van der Waals surface area contributed by atoms with E-state index < -0.39 is 11.6 Å². The lowest BCUT2D eigenvalue weighted by Gasteiger charge is -2.02. The van der Waals surface area contributed by atoms with Gasteiger partial charge in [-0.15, -0.1) is 0 Å². The highest BCUT2D eigenvalue weighted by molar-refractivity contribution is 5.37. The summed E-state index contributed by atoms with van der Waals surface area (Å²) in [5, 5.41) is 9.98. The first-order chi connectivity index (χ1) is 6.68. The summed E-state index contributed by atoms with van der Waals surface area (Å²) in [5.41, 5.74) is 5.21. The molecule has 2 rings (SSSR count). The van der Waals surface area contributed by atoms with Gasteiger partial charge in [-0.1, -0.05) is 5.10 Å². The van der Waals surface area contributed by atoms with Gasteiger partial charge < -0.3 is 5.73 Å². The molecule has 1 aromatic carbocycles. The fraction of sp³-hybridized carbons (Fsp3) is 0. The molecule has 0 radical (unpaired) electrons. The van der Waals surface area contributed by atoms with Gasteiger partial charge in [-0.2, -0.15) is 4.68 Å². The summed E-state index contributed by atoms with van der Waals surface area (Å²) in [5.74, 6) is -1.34. The second-order valence-corrected chi connectivity index (χ2v) is 2.54. The maximum absolute atomic E-state index is 13.2. The van der Waals surface area contributed by atoms with Gasteiger partial charge in [0.25, 0.3) is 0 Å². The highest BCUT2D eigenvalue weighted by Crippen LogP contribution is 2.15. The van der Waals surface area contributed by atoms with Gasteiger partial charge in [-0.3, -0.25) is 0 Å². The number of rotatable bonds is 1. The van der Waals surface area contributed by atoms with Crippen LogP contribution in [0.1, 0.15) is 0 Å². The van der Waals surface area contributed by atoms with Gasteiger partial charge in [0.15, 0.2) is 0 Å². The summed E-state index contributed by atoms with van der Waals surface area (Å²) in [6.07, 6.45) is 0. The number of halogens is 2. The average molecular weight is 197 g/mol. The van der Waals surface area contributed by atoms with E-state index in [0.717, 1.165) is 22.9 Å². The highest BCUT2D eigenvalue weighted by atomic mass is 19.1. The van der Waals surface area contributed by atoms with Crippen LogP contribution in [-0.2, 0) is 0 Å². The molecule has 1 aromatic heterocycles. The molecule has 0 spiro atoms. The zero-order chi connectivity index (χ0) is 10.1. The molecule has 0 aliphatic carbocycles. The second kappa shape index (κ2) is 3.02. The van der Waals surface area contributed by atoms with Crippen LogP contribution < -0.4 is 5.73 Å². The van der Waals surface area contributed by atoms with E-state index in [1.54, 1.807) is 0 Å². The van der Waals surface area contributed by atoms with Crippen LogP contribution in [0.25, 0.3) is 5.69 Å². The van der Waals surface area contributed by atoms with Crippen LogP contribution in [-0.4, -0.2) is 20.2 Å². The molecular formula is C7H5F2N5. The van der Waals surface area contributed by atoms with Crippen molar-refractivity contribution >= 4 is 5.95 Å². The number of nitrogens with zero attached hydrogens (tertiary/aromatic N) is 4. The lowest BCUT2D eigenvalue weighted by Crippen LogP contribution is -2.05. The van der Waals surface area contributed by atoms with Gasteiger partial charge in [-0.25, -0.2) is 8.78 Å². The van der Waals surface area contributed by atoms with E-state index in [0.29, 0.717) is 0 Å². The quantitative estimate of drug-likeness (QED) is 0.723. The number of tetrazole rings is 1. The average Bonchev–Trinajstić information content (AvgIpc) is 2.56. The Morgan fingerprint density at radius 3 is 2.71 bits per heavy atom. The first-order valence-electron chi connectivity index (χ1n) is 3.68. The minimum Gasteiger partial charge on any atom is -0.366 e. The molecule has 0 fully saturated rings. The highest BCUT2D eigenvalue weighted by Gasteiger charge is 2.10. The SMILES string of the molecule is Nc1nnnn1-c1cc(F)ccc1F. The lowest BCUT2D eigenvalue weighted by atomic mass is 10.3. The van der Waals surface area contributed by atoms with Crippen molar-refractivity contribution < 1.29 is 8.78 Å². The van der Waals surface area contributed by atoms with Crippen molar-refractivity contribution in [1.82, 2.24) is 20.2 Å². The van der Waals surface area contributed by atoms with Crippen molar-refractivity contribution in [1.29, 1.82) is 0 Å². The Morgan fingerprint density at radius 2 is 2.07 bits per heavy atom. The molecule has 0 unspecified atom stereocenters. The molecule has 5 nitrogen and oxygen atoms in total. The summed E-state index contributed by atoms with van der Waals surface area (Å²) >= 11 is 0. The van der Waals surface area contributed by atoms with Crippen LogP contribution in [0.15, 0.2) is 18.2 Å². The topological polar surface area (TPSA) is 69.6 Å². The Balaban J connectivity index is 2.62. The molecule has 0 saturated carbocycles. The van der Waals surface area contributed by atoms with Crippen molar-refractivity contribution in [2.24, 2.45) is 0 Å². The van der Waals surface area contributed by atoms with Crippen LogP contribution in [0.4, 0.5) is 14.7 Å². The summed E-state index contributed by atoms with van der Waals surface area (Å²) in [4.78, 5) is 0. The smallest absolute Gasteiger partial charge is 0.245 e. The van der Waals surface area contributed by atoms with Gasteiger partial charge in [0.05, 0.1) is 0 Å². The predicted octanol–water partition coefficient (Wildman–Crippen LogP) is 0.523. The Morgan fingerprint density at radius 1 is 1.29 bits per heavy atom. The fourth-order valence-electron chi connectivity index (χ4n) is 1.01. The summed E-state index contributed by atoms with van der Waals surface area (Å²) in [7, 11) is 0. The standard InChI is InChI=1S/C7H5F2N5/c8-4-1-2-5(9)6(3-4)14-7(10)11-12-13-14/h1-3H,(H2,10,11,13). The van der Waals surface area contributed by atoms with E-state index in [-0.39, 0.29) is 11.6 Å². The molecule has 7 heteroatoms. The van der Waals surface area contributed by atoms with Crippen molar-refractivity contribution in [3.63, 3.8) is 0 Å². The lowest BCUT2D eigenvalue weighted by molar-refractivity contribution is 0.585. The molecular weight excluding hydrogens is 192 g/mol. The van der Waals surface area contributed by atoms with E-state index in [9.17, 15) is 8.78 Å². The third-order valence-electron chi connectivity index (χ3n) is 1.63. The molecule has 0 aliphatic rings.